The molecule has 1 atom stereocenters. The first-order valence-corrected chi connectivity index (χ1v) is 4.91. The van der Waals surface area contributed by atoms with Gasteiger partial charge in [-0.1, -0.05) is 0 Å². The smallest absolute Gasteiger partial charge is 0.338 e. The molecule has 5 heteroatoms. The minimum absolute atomic E-state index is 0.164. The molecule has 1 aliphatic rings. The van der Waals surface area contributed by atoms with Crippen molar-refractivity contribution in [2.24, 2.45) is 0 Å². The molecule has 5 nitrogen and oxygen atoms in total. The van der Waals surface area contributed by atoms with Crippen molar-refractivity contribution in [1.82, 2.24) is 10.6 Å². The van der Waals surface area contributed by atoms with Crippen molar-refractivity contribution in [1.29, 1.82) is 0 Å². The Morgan fingerprint density at radius 3 is 2.53 bits per heavy atom. The number of nitrogens with one attached hydrogen (secondary N) is 2. The summed E-state index contributed by atoms with van der Waals surface area (Å²) in [7, 11) is 0. The molecule has 0 aromatic carbocycles. The molecule has 15 heavy (non-hydrogen) atoms. The second-order valence-electron chi connectivity index (χ2n) is 3.81. The van der Waals surface area contributed by atoms with Crippen LogP contribution in [0.1, 0.15) is 27.7 Å². The first kappa shape index (κ1) is 11.6. The van der Waals surface area contributed by atoms with E-state index >= 15 is 0 Å². The summed E-state index contributed by atoms with van der Waals surface area (Å²) in [6.07, 6.45) is -0.164. The largest absolute Gasteiger partial charge is 0.460 e. The molecule has 0 aromatic rings. The van der Waals surface area contributed by atoms with E-state index in [-0.39, 0.29) is 24.1 Å². The van der Waals surface area contributed by atoms with Gasteiger partial charge in [-0.05, 0) is 27.7 Å². The molecule has 0 aliphatic carbocycles. The number of allylic oxidation sites excluding steroid dienone is 1. The Morgan fingerprint density at radius 1 is 1.47 bits per heavy atom. The maximum absolute atomic E-state index is 11.7. The van der Waals surface area contributed by atoms with Crippen molar-refractivity contribution in [2.45, 2.75) is 39.8 Å². The van der Waals surface area contributed by atoms with Crippen molar-refractivity contribution in [3.63, 3.8) is 0 Å². The lowest BCUT2D eigenvalue weighted by atomic mass is 10.1. The molecule has 0 saturated carbocycles. The number of rotatable bonds is 2. The van der Waals surface area contributed by atoms with E-state index < -0.39 is 0 Å². The van der Waals surface area contributed by atoms with E-state index in [1.165, 1.54) is 0 Å². The van der Waals surface area contributed by atoms with Crippen LogP contribution in [0, 0.1) is 0 Å². The Morgan fingerprint density at radius 2 is 2.07 bits per heavy atom. The number of carbonyl (C=O) groups is 2. The van der Waals surface area contributed by atoms with Crippen molar-refractivity contribution < 1.29 is 14.3 Å². The fourth-order valence-corrected chi connectivity index (χ4v) is 1.47. The summed E-state index contributed by atoms with van der Waals surface area (Å²) < 4.78 is 5.08. The third-order valence-electron chi connectivity index (χ3n) is 2.05. The summed E-state index contributed by atoms with van der Waals surface area (Å²) in [5, 5.41) is 5.15. The predicted molar refractivity (Wildman–Crippen MR) is 55.1 cm³/mol. The lowest BCUT2D eigenvalue weighted by Gasteiger charge is -2.25. The number of ether oxygens (including phenoxy) is 1. The molecule has 0 fully saturated rings. The van der Waals surface area contributed by atoms with Gasteiger partial charge in [-0.3, -0.25) is 0 Å². The molecule has 0 saturated heterocycles. The number of esters is 1. The number of hydrogen-bond acceptors (Lipinski definition) is 3. The average molecular weight is 212 g/mol. The third kappa shape index (κ3) is 2.71. The number of hydrogen-bond donors (Lipinski definition) is 2. The number of carbonyl (C=O) groups excluding carboxylic acids is 2. The molecule has 0 radical (unpaired) electrons. The van der Waals surface area contributed by atoms with Crippen molar-refractivity contribution in [3.05, 3.63) is 11.3 Å². The van der Waals surface area contributed by atoms with Crippen molar-refractivity contribution in [3.8, 4) is 0 Å². The fraction of sp³-hybridized carbons (Fsp3) is 0.600. The van der Waals surface area contributed by atoms with Gasteiger partial charge in [0.25, 0.3) is 0 Å². The van der Waals surface area contributed by atoms with Gasteiger partial charge in [-0.25, -0.2) is 9.59 Å². The summed E-state index contributed by atoms with van der Waals surface area (Å²) in [5.74, 6) is -0.387. The molecule has 1 heterocycles. The van der Waals surface area contributed by atoms with Crippen LogP contribution in [0.3, 0.4) is 0 Å². The van der Waals surface area contributed by atoms with Gasteiger partial charge in [0, 0.05) is 5.70 Å². The standard InChI is InChI=1S/C10H16N2O3/c1-5(2)15-9(13)8-6(3)11-10(14)12-7(8)4/h5-6H,1-4H3,(H2,11,12,14)/t6-/m1/s1. The highest BCUT2D eigenvalue weighted by Crippen LogP contribution is 2.14. The quantitative estimate of drug-likeness (QED) is 0.669. The molecule has 2 amide bonds. The van der Waals surface area contributed by atoms with Crippen LogP contribution in [0.2, 0.25) is 0 Å². The van der Waals surface area contributed by atoms with E-state index in [1.807, 2.05) is 0 Å². The zero-order chi connectivity index (χ0) is 11.6. The summed E-state index contributed by atoms with van der Waals surface area (Å²) in [6.45, 7) is 7.01. The second-order valence-corrected chi connectivity index (χ2v) is 3.81. The normalized spacial score (nSPS) is 21.1. The Bertz CT molecular complexity index is 321. The lowest BCUT2D eigenvalue weighted by Crippen LogP contribution is -2.48. The first-order chi connectivity index (χ1) is 6.91. The van der Waals surface area contributed by atoms with Crippen LogP contribution in [-0.2, 0) is 9.53 Å². The molecule has 1 rings (SSSR count). The number of urea groups is 1. The molecule has 2 N–H and O–H groups in total. The fourth-order valence-electron chi connectivity index (χ4n) is 1.47. The predicted octanol–water partition coefficient (Wildman–Crippen LogP) is 0.913. The van der Waals surface area contributed by atoms with Crippen LogP contribution in [0.5, 0.6) is 0 Å². The summed E-state index contributed by atoms with van der Waals surface area (Å²) in [4.78, 5) is 22.7. The Kier molecular flexibility index (Phi) is 3.34. The minimum Gasteiger partial charge on any atom is -0.460 e. The van der Waals surface area contributed by atoms with E-state index in [4.69, 9.17) is 4.74 Å². The minimum atomic E-state index is -0.387. The molecule has 0 bridgehead atoms. The van der Waals surface area contributed by atoms with E-state index in [2.05, 4.69) is 10.6 Å². The van der Waals surface area contributed by atoms with Gasteiger partial charge in [0.05, 0.1) is 17.7 Å². The summed E-state index contributed by atoms with van der Waals surface area (Å²) >= 11 is 0. The van der Waals surface area contributed by atoms with Crippen LogP contribution >= 0.6 is 0 Å². The molecule has 0 unspecified atom stereocenters. The van der Waals surface area contributed by atoms with Crippen LogP contribution in [0.15, 0.2) is 11.3 Å². The van der Waals surface area contributed by atoms with Gasteiger partial charge in [0.2, 0.25) is 0 Å². The van der Waals surface area contributed by atoms with Gasteiger partial charge in [-0.15, -0.1) is 0 Å². The highest BCUT2D eigenvalue weighted by Gasteiger charge is 2.27. The van der Waals surface area contributed by atoms with E-state index in [0.717, 1.165) is 0 Å². The highest BCUT2D eigenvalue weighted by molar-refractivity contribution is 5.94. The molecular formula is C10H16N2O3. The van der Waals surface area contributed by atoms with Crippen LogP contribution < -0.4 is 10.6 Å². The SMILES string of the molecule is CC1=C(C(=O)OC(C)C)[C@@H](C)NC(=O)N1. The first-order valence-electron chi connectivity index (χ1n) is 4.91. The molecular weight excluding hydrogens is 196 g/mol. The van der Waals surface area contributed by atoms with Gasteiger partial charge in [-0.2, -0.15) is 0 Å². The van der Waals surface area contributed by atoms with Crippen molar-refractivity contribution >= 4 is 12.0 Å². The maximum Gasteiger partial charge on any atom is 0.338 e. The van der Waals surface area contributed by atoms with Gasteiger partial charge in [0.1, 0.15) is 0 Å². The van der Waals surface area contributed by atoms with Crippen LogP contribution in [0.25, 0.3) is 0 Å². The molecule has 1 aliphatic heterocycles. The monoisotopic (exact) mass is 212 g/mol. The number of amides is 2. The Hall–Kier alpha value is -1.52. The van der Waals surface area contributed by atoms with Crippen molar-refractivity contribution in [2.75, 3.05) is 0 Å². The van der Waals surface area contributed by atoms with Crippen LogP contribution in [-0.4, -0.2) is 24.1 Å². The van der Waals surface area contributed by atoms with E-state index in [9.17, 15) is 9.59 Å². The molecule has 0 spiro atoms. The van der Waals surface area contributed by atoms with Gasteiger partial charge < -0.3 is 15.4 Å². The van der Waals surface area contributed by atoms with Gasteiger partial charge >= 0.3 is 12.0 Å². The van der Waals surface area contributed by atoms with Gasteiger partial charge in [0.15, 0.2) is 0 Å². The summed E-state index contributed by atoms with van der Waals surface area (Å²) in [5.41, 5.74) is 1.03. The Labute approximate surface area is 88.9 Å². The van der Waals surface area contributed by atoms with E-state index in [1.54, 1.807) is 27.7 Å². The van der Waals surface area contributed by atoms with Crippen LogP contribution in [0.4, 0.5) is 4.79 Å². The third-order valence-corrected chi connectivity index (χ3v) is 2.05. The molecule has 0 aromatic heterocycles. The lowest BCUT2D eigenvalue weighted by molar-refractivity contribution is -0.143. The molecule has 84 valence electrons. The van der Waals surface area contributed by atoms with E-state index in [0.29, 0.717) is 11.3 Å². The summed E-state index contributed by atoms with van der Waals surface area (Å²) in [6, 6.07) is -0.605. The second kappa shape index (κ2) is 4.33. The highest BCUT2D eigenvalue weighted by atomic mass is 16.5. The maximum atomic E-state index is 11.7. The zero-order valence-electron chi connectivity index (χ0n) is 9.38. The Balaban J connectivity index is 2.87. The topological polar surface area (TPSA) is 67.4 Å². The zero-order valence-corrected chi connectivity index (χ0v) is 9.38. The average Bonchev–Trinajstić information content (AvgIpc) is 1.99.